The second-order valence-electron chi connectivity index (χ2n) is 6.35. The normalized spacial score (nSPS) is 12.0. The predicted octanol–water partition coefficient (Wildman–Crippen LogP) is 3.40. The van der Waals surface area contributed by atoms with Gasteiger partial charge in [0.1, 0.15) is 6.54 Å². The molecule has 2 rings (SSSR count). The number of hydrogen-bond acceptors (Lipinski definition) is 6. The number of halogens is 4. The third-order valence-electron chi connectivity index (χ3n) is 4.01. The molecule has 0 spiro atoms. The maximum atomic E-state index is 13.0. The molecule has 0 aliphatic heterocycles. The molecule has 13 heteroatoms. The molecule has 32 heavy (non-hydrogen) atoms. The van der Waals surface area contributed by atoms with Crippen molar-refractivity contribution in [2.24, 2.45) is 5.10 Å². The van der Waals surface area contributed by atoms with Gasteiger partial charge in [-0.05, 0) is 51.8 Å². The number of rotatable bonds is 8. The smallest absolute Gasteiger partial charge is 0.416 e. The van der Waals surface area contributed by atoms with Crippen LogP contribution < -0.4 is 19.2 Å². The highest BCUT2D eigenvalue weighted by molar-refractivity contribution is 9.10. The van der Waals surface area contributed by atoms with E-state index >= 15 is 0 Å². The van der Waals surface area contributed by atoms with Gasteiger partial charge in [-0.2, -0.15) is 18.3 Å². The van der Waals surface area contributed by atoms with Gasteiger partial charge >= 0.3 is 6.18 Å². The molecular formula is C19H19BrF3N3O5S. The van der Waals surface area contributed by atoms with Crippen LogP contribution >= 0.6 is 15.9 Å². The first kappa shape index (κ1) is 25.5. The molecule has 0 radical (unpaired) electrons. The van der Waals surface area contributed by atoms with Crippen LogP contribution in [0.5, 0.6) is 11.5 Å². The Bertz CT molecular complexity index is 1120. The summed E-state index contributed by atoms with van der Waals surface area (Å²) in [7, 11) is -1.15. The molecule has 0 atom stereocenters. The fraction of sp³-hybridized carbons (Fsp3) is 0.263. The van der Waals surface area contributed by atoms with Gasteiger partial charge in [-0.25, -0.2) is 13.8 Å². The molecule has 0 aliphatic carbocycles. The largest absolute Gasteiger partial charge is 0.493 e. The Hall–Kier alpha value is -2.80. The molecule has 1 N–H and O–H groups in total. The van der Waals surface area contributed by atoms with Gasteiger partial charge in [0.25, 0.3) is 5.91 Å². The summed E-state index contributed by atoms with van der Waals surface area (Å²) in [6.45, 7) is -0.771. The lowest BCUT2D eigenvalue weighted by molar-refractivity contribution is -0.137. The zero-order valence-corrected chi connectivity index (χ0v) is 19.5. The molecule has 0 fully saturated rings. The van der Waals surface area contributed by atoms with E-state index in [1.54, 1.807) is 12.1 Å². The standard InChI is InChI=1S/C19H19BrF3N3O5S/c1-30-16-8-12(7-15(20)18(16)31-2)10-24-25-17(27)11-26(32(3,28)29)14-6-4-5-13(9-14)19(21,22)23/h4-10H,11H2,1-3H3,(H,25,27)/b24-10+. The van der Waals surface area contributed by atoms with Crippen molar-refractivity contribution in [3.63, 3.8) is 0 Å². The SMILES string of the molecule is COc1cc(/C=N/NC(=O)CN(c2cccc(C(F)(F)F)c2)S(C)(=O)=O)cc(Br)c1OC. The summed E-state index contributed by atoms with van der Waals surface area (Å²) in [4.78, 5) is 12.2. The fourth-order valence-electron chi connectivity index (χ4n) is 2.59. The molecule has 0 unspecified atom stereocenters. The Balaban J connectivity index is 2.18. The molecule has 0 saturated carbocycles. The Morgan fingerprint density at radius 2 is 1.91 bits per heavy atom. The number of hydrogen-bond donors (Lipinski definition) is 1. The van der Waals surface area contributed by atoms with Crippen LogP contribution in [-0.2, 0) is 21.0 Å². The Labute approximate surface area is 191 Å². The highest BCUT2D eigenvalue weighted by Crippen LogP contribution is 2.36. The number of sulfonamides is 1. The minimum absolute atomic E-state index is 0.301. The van der Waals surface area contributed by atoms with Gasteiger partial charge in [-0.1, -0.05) is 6.07 Å². The van der Waals surface area contributed by atoms with E-state index in [4.69, 9.17) is 9.47 Å². The molecule has 8 nitrogen and oxygen atoms in total. The summed E-state index contributed by atoms with van der Waals surface area (Å²) in [5.41, 5.74) is 1.33. The number of carbonyl (C=O) groups is 1. The summed E-state index contributed by atoms with van der Waals surface area (Å²) in [5, 5.41) is 3.76. The van der Waals surface area contributed by atoms with E-state index in [-0.39, 0.29) is 5.69 Å². The molecule has 1 amide bonds. The van der Waals surface area contributed by atoms with Gasteiger partial charge in [0.05, 0.1) is 42.4 Å². The maximum absolute atomic E-state index is 13.0. The number of anilines is 1. The minimum Gasteiger partial charge on any atom is -0.493 e. The lowest BCUT2D eigenvalue weighted by Gasteiger charge is -2.22. The van der Waals surface area contributed by atoms with Crippen LogP contribution in [0, 0.1) is 0 Å². The van der Waals surface area contributed by atoms with E-state index < -0.39 is 34.2 Å². The summed E-state index contributed by atoms with van der Waals surface area (Å²) in [6, 6.07) is 6.90. The maximum Gasteiger partial charge on any atom is 0.416 e. The Kier molecular flexibility index (Phi) is 8.13. The third kappa shape index (κ3) is 6.60. The van der Waals surface area contributed by atoms with Gasteiger partial charge in [0, 0.05) is 0 Å². The summed E-state index contributed by atoms with van der Waals surface area (Å²) in [5.74, 6) is 0.00430. The predicted molar refractivity (Wildman–Crippen MR) is 117 cm³/mol. The van der Waals surface area contributed by atoms with Crippen molar-refractivity contribution in [1.29, 1.82) is 0 Å². The first-order valence-electron chi connectivity index (χ1n) is 8.75. The van der Waals surface area contributed by atoms with Crippen molar-refractivity contribution >= 4 is 43.8 Å². The summed E-state index contributed by atoms with van der Waals surface area (Å²) >= 11 is 3.31. The fourth-order valence-corrected chi connectivity index (χ4v) is 4.06. The number of nitrogens with one attached hydrogen (secondary N) is 1. The quantitative estimate of drug-likeness (QED) is 0.411. The highest BCUT2D eigenvalue weighted by atomic mass is 79.9. The van der Waals surface area contributed by atoms with Crippen molar-refractivity contribution in [2.45, 2.75) is 6.18 Å². The number of alkyl halides is 3. The lowest BCUT2D eigenvalue weighted by Crippen LogP contribution is -2.39. The Morgan fingerprint density at radius 1 is 1.22 bits per heavy atom. The summed E-state index contributed by atoms with van der Waals surface area (Å²) < 4.78 is 74.6. The molecule has 0 bridgehead atoms. The van der Waals surface area contributed by atoms with E-state index in [0.717, 1.165) is 24.5 Å². The molecule has 174 valence electrons. The second kappa shape index (κ2) is 10.2. The van der Waals surface area contributed by atoms with Crippen LogP contribution in [0.15, 0.2) is 46.0 Å². The van der Waals surface area contributed by atoms with E-state index in [1.807, 2.05) is 0 Å². The monoisotopic (exact) mass is 537 g/mol. The number of methoxy groups -OCH3 is 2. The van der Waals surface area contributed by atoms with E-state index in [2.05, 4.69) is 26.5 Å². The van der Waals surface area contributed by atoms with E-state index in [1.165, 1.54) is 20.4 Å². The van der Waals surface area contributed by atoms with Crippen LogP contribution in [0.3, 0.4) is 0 Å². The van der Waals surface area contributed by atoms with Gasteiger partial charge in [0.2, 0.25) is 10.0 Å². The lowest BCUT2D eigenvalue weighted by atomic mass is 10.2. The number of benzene rings is 2. The molecule has 2 aromatic rings. The van der Waals surface area contributed by atoms with Crippen LogP contribution in [-0.4, -0.2) is 47.6 Å². The molecule has 0 aliphatic rings. The first-order chi connectivity index (χ1) is 14.9. The molecule has 0 aromatic heterocycles. The van der Waals surface area contributed by atoms with Crippen molar-refractivity contribution in [2.75, 3.05) is 31.3 Å². The van der Waals surface area contributed by atoms with Crippen LogP contribution in [0.1, 0.15) is 11.1 Å². The van der Waals surface area contributed by atoms with E-state index in [9.17, 15) is 26.4 Å². The summed E-state index contributed by atoms with van der Waals surface area (Å²) in [6.07, 6.45) is -2.61. The van der Waals surface area contributed by atoms with Crippen LogP contribution in [0.2, 0.25) is 0 Å². The molecule has 0 saturated heterocycles. The first-order valence-corrected chi connectivity index (χ1v) is 11.4. The zero-order valence-electron chi connectivity index (χ0n) is 17.1. The number of amides is 1. The number of carbonyl (C=O) groups excluding carboxylic acids is 1. The number of nitrogens with zero attached hydrogens (tertiary/aromatic N) is 2. The van der Waals surface area contributed by atoms with Crippen LogP contribution in [0.25, 0.3) is 0 Å². The van der Waals surface area contributed by atoms with Gasteiger partial charge < -0.3 is 9.47 Å². The van der Waals surface area contributed by atoms with Crippen molar-refractivity contribution in [3.05, 3.63) is 52.0 Å². The number of ether oxygens (including phenoxy) is 2. The second-order valence-corrected chi connectivity index (χ2v) is 9.11. The molecule has 0 heterocycles. The number of hydrazone groups is 1. The zero-order chi connectivity index (χ0) is 24.1. The molecular weight excluding hydrogens is 519 g/mol. The van der Waals surface area contributed by atoms with Crippen LogP contribution in [0.4, 0.5) is 18.9 Å². The van der Waals surface area contributed by atoms with Gasteiger partial charge in [0.15, 0.2) is 11.5 Å². The topological polar surface area (TPSA) is 97.3 Å². The van der Waals surface area contributed by atoms with Crippen molar-refractivity contribution in [1.82, 2.24) is 5.43 Å². The van der Waals surface area contributed by atoms with Crippen molar-refractivity contribution < 1.29 is 35.9 Å². The van der Waals surface area contributed by atoms with Crippen molar-refractivity contribution in [3.8, 4) is 11.5 Å². The average molecular weight is 538 g/mol. The molecule has 2 aromatic carbocycles. The van der Waals surface area contributed by atoms with Gasteiger partial charge in [-0.3, -0.25) is 9.10 Å². The average Bonchev–Trinajstić information content (AvgIpc) is 2.70. The Morgan fingerprint density at radius 3 is 2.47 bits per heavy atom. The third-order valence-corrected chi connectivity index (χ3v) is 5.74. The highest BCUT2D eigenvalue weighted by Gasteiger charge is 2.32. The van der Waals surface area contributed by atoms with E-state index in [0.29, 0.717) is 31.9 Å². The minimum atomic E-state index is -4.67. The van der Waals surface area contributed by atoms with Gasteiger partial charge in [-0.15, -0.1) is 0 Å².